The number of carbonyl (C=O) groups is 1. The molecule has 0 aromatic heterocycles. The molecule has 1 aromatic rings. The minimum absolute atomic E-state index is 0.233. The topological polar surface area (TPSA) is 52.6 Å². The Hall–Kier alpha value is -0.260. The van der Waals surface area contributed by atoms with Gasteiger partial charge in [0.2, 0.25) is 0 Å². The van der Waals surface area contributed by atoms with Crippen molar-refractivity contribution in [3.63, 3.8) is 0 Å². The van der Waals surface area contributed by atoms with E-state index in [1.54, 1.807) is 13.8 Å². The first-order valence-electron chi connectivity index (χ1n) is 5.91. The van der Waals surface area contributed by atoms with E-state index in [0.717, 1.165) is 5.56 Å². The standard InChI is InChI=1S/C12H17O4PS2/c1-3-15-17(14,16-4-2)19(12(13)18)10-11-8-6-5-7-9-11/h5-9H,3-4,10H2,1-2H3/p+1. The third-order valence-electron chi connectivity index (χ3n) is 2.19. The molecule has 0 spiro atoms. The molecule has 0 heterocycles. The lowest BCUT2D eigenvalue weighted by Gasteiger charge is -2.14. The van der Waals surface area contributed by atoms with E-state index in [0.29, 0.717) is 5.75 Å². The van der Waals surface area contributed by atoms with Gasteiger partial charge in [0.25, 0.3) is 0 Å². The van der Waals surface area contributed by atoms with Crippen LogP contribution in [0.25, 0.3) is 0 Å². The smallest absolute Gasteiger partial charge is 0.269 e. The van der Waals surface area contributed by atoms with Crippen LogP contribution < -0.4 is 0 Å². The molecule has 0 bridgehead atoms. The first kappa shape index (κ1) is 16.8. The van der Waals surface area contributed by atoms with Crippen molar-refractivity contribution in [2.24, 2.45) is 0 Å². The SMILES string of the molecule is CCOP(=O)(OCC)[S+](Cc1ccccc1)C(=O)S. The summed E-state index contributed by atoms with van der Waals surface area (Å²) in [5.74, 6) is 0.320. The van der Waals surface area contributed by atoms with Crippen LogP contribution in [0.2, 0.25) is 0 Å². The van der Waals surface area contributed by atoms with E-state index in [4.69, 9.17) is 9.05 Å². The van der Waals surface area contributed by atoms with Crippen molar-refractivity contribution in [2.45, 2.75) is 19.6 Å². The Morgan fingerprint density at radius 3 is 2.16 bits per heavy atom. The number of hydrogen-bond donors (Lipinski definition) is 1. The van der Waals surface area contributed by atoms with E-state index in [1.807, 2.05) is 30.3 Å². The maximum absolute atomic E-state index is 12.7. The van der Waals surface area contributed by atoms with Gasteiger partial charge in [-0.3, -0.25) is 9.05 Å². The maximum atomic E-state index is 12.7. The number of carbonyl (C=O) groups excluding carboxylic acids is 1. The van der Waals surface area contributed by atoms with Crippen LogP contribution in [-0.4, -0.2) is 17.7 Å². The summed E-state index contributed by atoms with van der Waals surface area (Å²) in [7, 11) is -1.19. The normalized spacial score (nSPS) is 13.2. The van der Waals surface area contributed by atoms with Gasteiger partial charge in [0, 0.05) is 5.56 Å². The molecule has 0 saturated heterocycles. The van der Waals surface area contributed by atoms with Gasteiger partial charge in [-0.1, -0.05) is 30.3 Å². The van der Waals surface area contributed by atoms with Crippen LogP contribution in [0.15, 0.2) is 30.3 Å². The van der Waals surface area contributed by atoms with E-state index in [2.05, 4.69) is 12.6 Å². The molecule has 0 aliphatic carbocycles. The summed E-state index contributed by atoms with van der Waals surface area (Å²) < 4.78 is 22.7. The predicted molar refractivity (Wildman–Crippen MR) is 82.8 cm³/mol. The second kappa shape index (κ2) is 8.12. The van der Waals surface area contributed by atoms with Gasteiger partial charge in [0.1, 0.15) is 0 Å². The van der Waals surface area contributed by atoms with Crippen LogP contribution in [0.1, 0.15) is 19.4 Å². The molecule has 0 N–H and O–H groups in total. The molecule has 4 nitrogen and oxygen atoms in total. The Labute approximate surface area is 121 Å². The molecular formula is C12H18O4PS2+. The van der Waals surface area contributed by atoms with Gasteiger partial charge in [0.05, 0.1) is 13.2 Å². The fourth-order valence-electron chi connectivity index (χ4n) is 1.45. The Morgan fingerprint density at radius 1 is 1.21 bits per heavy atom. The summed E-state index contributed by atoms with van der Waals surface area (Å²) in [6.07, 6.45) is 0. The Kier molecular flexibility index (Phi) is 7.18. The van der Waals surface area contributed by atoms with E-state index in [-0.39, 0.29) is 13.2 Å². The lowest BCUT2D eigenvalue weighted by molar-refractivity contribution is 0.236. The summed E-state index contributed by atoms with van der Waals surface area (Å²) in [5, 5.41) is 0. The lowest BCUT2D eigenvalue weighted by Crippen LogP contribution is -2.16. The molecule has 0 amide bonds. The molecule has 0 saturated carbocycles. The molecular weight excluding hydrogens is 303 g/mol. The minimum atomic E-state index is -3.45. The first-order valence-corrected chi connectivity index (χ1v) is 9.90. The van der Waals surface area contributed by atoms with Crippen molar-refractivity contribution < 1.29 is 18.4 Å². The van der Waals surface area contributed by atoms with Crippen molar-refractivity contribution in [1.29, 1.82) is 0 Å². The van der Waals surface area contributed by atoms with Gasteiger partial charge in [-0.05, 0) is 26.5 Å². The van der Waals surface area contributed by atoms with Gasteiger partial charge in [-0.15, -0.1) is 0 Å². The summed E-state index contributed by atoms with van der Waals surface area (Å²) >= 11 is 3.84. The van der Waals surface area contributed by atoms with Crippen LogP contribution >= 0.6 is 19.4 Å². The van der Waals surface area contributed by atoms with Gasteiger partial charge >= 0.3 is 11.2 Å². The van der Waals surface area contributed by atoms with Gasteiger partial charge in [-0.2, -0.15) is 0 Å². The molecule has 0 radical (unpaired) electrons. The molecule has 106 valence electrons. The molecule has 0 fully saturated rings. The first-order chi connectivity index (χ1) is 9.03. The molecule has 0 aliphatic rings. The van der Waals surface area contributed by atoms with Gasteiger partial charge < -0.3 is 0 Å². The van der Waals surface area contributed by atoms with Crippen molar-refractivity contribution in [3.8, 4) is 0 Å². The largest absolute Gasteiger partial charge is 0.550 e. The van der Waals surface area contributed by atoms with Gasteiger partial charge in [0.15, 0.2) is 16.3 Å². The fourth-order valence-corrected chi connectivity index (χ4v) is 7.38. The molecule has 0 aliphatic heterocycles. The number of benzene rings is 1. The number of rotatable bonds is 7. The summed E-state index contributed by atoms with van der Waals surface area (Å²) in [6, 6.07) is 9.37. The predicted octanol–water partition coefficient (Wildman–Crippen LogP) is 4.04. The second-order valence-electron chi connectivity index (χ2n) is 3.54. The molecule has 1 unspecified atom stereocenters. The van der Waals surface area contributed by atoms with Crippen molar-refractivity contribution >= 4 is 34.4 Å². The monoisotopic (exact) mass is 321 g/mol. The molecule has 19 heavy (non-hydrogen) atoms. The second-order valence-corrected chi connectivity index (χ2v) is 9.72. The third kappa shape index (κ3) is 4.97. The van der Waals surface area contributed by atoms with E-state index >= 15 is 0 Å². The molecule has 7 heteroatoms. The van der Waals surface area contributed by atoms with Gasteiger partial charge in [-0.25, -0.2) is 9.36 Å². The van der Waals surface area contributed by atoms with Crippen LogP contribution in [0.3, 0.4) is 0 Å². The Balaban J connectivity index is 2.98. The Bertz CT molecular complexity index is 442. The average Bonchev–Trinajstić information content (AvgIpc) is 2.37. The molecule has 1 aromatic carbocycles. The average molecular weight is 321 g/mol. The fraction of sp³-hybridized carbons (Fsp3) is 0.417. The van der Waals surface area contributed by atoms with E-state index < -0.39 is 21.8 Å². The van der Waals surface area contributed by atoms with Crippen molar-refractivity contribution in [3.05, 3.63) is 35.9 Å². The molecule has 1 rings (SSSR count). The maximum Gasteiger partial charge on any atom is 0.550 e. The zero-order chi connectivity index (χ0) is 14.3. The van der Waals surface area contributed by atoms with Crippen molar-refractivity contribution in [2.75, 3.05) is 13.2 Å². The number of thiol groups is 1. The summed E-state index contributed by atoms with van der Waals surface area (Å²) in [6.45, 7) is 0.458. The zero-order valence-corrected chi connectivity index (χ0v) is 13.5. The number of hydrogen-bond acceptors (Lipinski definition) is 4. The minimum Gasteiger partial charge on any atom is -0.269 e. The highest BCUT2D eigenvalue weighted by molar-refractivity contribution is 8.64. The third-order valence-corrected chi connectivity index (χ3v) is 9.12. The van der Waals surface area contributed by atoms with Crippen LogP contribution in [0.5, 0.6) is 0 Å². The lowest BCUT2D eigenvalue weighted by atomic mass is 10.2. The van der Waals surface area contributed by atoms with Crippen LogP contribution in [0, 0.1) is 0 Å². The van der Waals surface area contributed by atoms with Crippen LogP contribution in [0.4, 0.5) is 4.79 Å². The highest BCUT2D eigenvalue weighted by atomic mass is 32.8. The van der Waals surface area contributed by atoms with Crippen molar-refractivity contribution in [1.82, 2.24) is 0 Å². The zero-order valence-electron chi connectivity index (χ0n) is 10.9. The molecule has 1 atom stereocenters. The van der Waals surface area contributed by atoms with E-state index in [1.165, 1.54) is 0 Å². The highest BCUT2D eigenvalue weighted by Gasteiger charge is 2.51. The highest BCUT2D eigenvalue weighted by Crippen LogP contribution is 2.58. The summed E-state index contributed by atoms with van der Waals surface area (Å²) in [4.78, 5) is 11.7. The van der Waals surface area contributed by atoms with E-state index in [9.17, 15) is 9.36 Å². The van der Waals surface area contributed by atoms with Crippen LogP contribution in [-0.2, 0) is 29.9 Å². The Morgan fingerprint density at radius 2 is 1.74 bits per heavy atom. The summed E-state index contributed by atoms with van der Waals surface area (Å²) in [5.41, 5.74) is 0.910. The quantitative estimate of drug-likeness (QED) is 0.468.